The fourth-order valence-corrected chi connectivity index (χ4v) is 2.74. The van der Waals surface area contributed by atoms with Gasteiger partial charge in [-0.2, -0.15) is 0 Å². The van der Waals surface area contributed by atoms with Gasteiger partial charge in [0.2, 0.25) is 5.89 Å². The summed E-state index contributed by atoms with van der Waals surface area (Å²) in [4.78, 5) is 6.70. The van der Waals surface area contributed by atoms with Crippen molar-refractivity contribution in [1.29, 1.82) is 0 Å². The van der Waals surface area contributed by atoms with Crippen LogP contribution in [0.25, 0.3) is 0 Å². The Hall–Kier alpha value is -1.81. The van der Waals surface area contributed by atoms with Gasteiger partial charge < -0.3 is 14.4 Å². The first-order chi connectivity index (χ1) is 9.65. The van der Waals surface area contributed by atoms with Crippen LogP contribution in [0.1, 0.15) is 41.9 Å². The molecule has 1 unspecified atom stereocenters. The van der Waals surface area contributed by atoms with Gasteiger partial charge in [0.15, 0.2) is 0 Å². The molecule has 0 saturated heterocycles. The molecule has 4 heteroatoms. The Balaban J connectivity index is 1.91. The van der Waals surface area contributed by atoms with Gasteiger partial charge in [-0.15, -0.1) is 0 Å². The van der Waals surface area contributed by atoms with Crippen LogP contribution in [0.5, 0.6) is 0 Å². The summed E-state index contributed by atoms with van der Waals surface area (Å²) in [6.07, 6.45) is 1.40. The third kappa shape index (κ3) is 2.43. The molecule has 0 spiro atoms. The number of fused-ring (bicyclic) bond motifs is 1. The number of aryl methyl sites for hydroxylation is 2. The Bertz CT molecular complexity index is 587. The minimum atomic E-state index is -0.371. The monoisotopic (exact) mass is 272 g/mol. The molecule has 3 rings (SSSR count). The number of rotatable bonds is 2. The van der Waals surface area contributed by atoms with Gasteiger partial charge in [-0.05, 0) is 32.8 Å². The van der Waals surface area contributed by atoms with E-state index in [-0.39, 0.29) is 6.10 Å². The second kappa shape index (κ2) is 5.29. The summed E-state index contributed by atoms with van der Waals surface area (Å²) in [5, 5.41) is 10.2. The van der Waals surface area contributed by atoms with Gasteiger partial charge in [-0.3, -0.25) is 0 Å². The first kappa shape index (κ1) is 13.2. The predicted molar refractivity (Wildman–Crippen MR) is 77.7 cm³/mol. The van der Waals surface area contributed by atoms with Gasteiger partial charge in [0.05, 0.1) is 18.3 Å². The van der Waals surface area contributed by atoms with E-state index < -0.39 is 0 Å². The lowest BCUT2D eigenvalue weighted by Crippen LogP contribution is -2.23. The number of anilines is 1. The Morgan fingerprint density at radius 3 is 2.90 bits per heavy atom. The minimum absolute atomic E-state index is 0.371. The SMILES string of the molecule is Cc1nc(CN2CCCC(O)c3ccccc32)oc1C. The van der Waals surface area contributed by atoms with Gasteiger partial charge in [0.25, 0.3) is 0 Å². The zero-order chi connectivity index (χ0) is 14.1. The van der Waals surface area contributed by atoms with E-state index in [1.165, 1.54) is 0 Å². The van der Waals surface area contributed by atoms with E-state index in [1.807, 2.05) is 32.0 Å². The number of para-hydroxylation sites is 1. The van der Waals surface area contributed by atoms with Gasteiger partial charge in [0, 0.05) is 17.8 Å². The zero-order valence-electron chi connectivity index (χ0n) is 12.0. The number of aromatic nitrogens is 1. The minimum Gasteiger partial charge on any atom is -0.444 e. The first-order valence-electron chi connectivity index (χ1n) is 7.10. The van der Waals surface area contributed by atoms with Crippen molar-refractivity contribution >= 4 is 5.69 Å². The molecule has 0 fully saturated rings. The van der Waals surface area contributed by atoms with Gasteiger partial charge in [-0.25, -0.2) is 4.98 Å². The smallest absolute Gasteiger partial charge is 0.214 e. The first-order valence-corrected chi connectivity index (χ1v) is 7.10. The van der Waals surface area contributed by atoms with Crippen LogP contribution in [-0.4, -0.2) is 16.6 Å². The molecule has 20 heavy (non-hydrogen) atoms. The maximum atomic E-state index is 10.2. The number of oxazole rings is 1. The highest BCUT2D eigenvalue weighted by Gasteiger charge is 2.22. The van der Waals surface area contributed by atoms with Gasteiger partial charge in [0.1, 0.15) is 5.76 Å². The zero-order valence-corrected chi connectivity index (χ0v) is 12.0. The molecule has 4 nitrogen and oxygen atoms in total. The van der Waals surface area contributed by atoms with Gasteiger partial charge >= 0.3 is 0 Å². The fraction of sp³-hybridized carbons (Fsp3) is 0.438. The standard InChI is InChI=1S/C16H20N2O2/c1-11-12(2)20-16(17-11)10-18-9-5-8-15(19)13-6-3-4-7-14(13)18/h3-4,6-7,15,19H,5,8-10H2,1-2H3. The van der Waals surface area contributed by atoms with Crippen molar-refractivity contribution in [3.8, 4) is 0 Å². The average Bonchev–Trinajstić information content (AvgIpc) is 2.66. The average molecular weight is 272 g/mol. The number of aliphatic hydroxyl groups is 1. The molecule has 0 saturated carbocycles. The van der Waals surface area contributed by atoms with Crippen molar-refractivity contribution in [2.45, 2.75) is 39.3 Å². The molecule has 1 N–H and O–H groups in total. The normalized spacial score (nSPS) is 18.8. The second-order valence-corrected chi connectivity index (χ2v) is 5.39. The molecule has 106 valence electrons. The van der Waals surface area contributed by atoms with Crippen LogP contribution in [-0.2, 0) is 6.54 Å². The van der Waals surface area contributed by atoms with E-state index in [2.05, 4.69) is 16.0 Å². The summed E-state index contributed by atoms with van der Waals surface area (Å²) < 4.78 is 5.68. The molecule has 0 bridgehead atoms. The Kier molecular flexibility index (Phi) is 3.49. The molecule has 1 aliphatic heterocycles. The summed E-state index contributed by atoms with van der Waals surface area (Å²) in [6.45, 7) is 5.46. The van der Waals surface area contributed by atoms with Crippen molar-refractivity contribution in [1.82, 2.24) is 4.98 Å². The number of aliphatic hydroxyl groups excluding tert-OH is 1. The summed E-state index contributed by atoms with van der Waals surface area (Å²) >= 11 is 0. The fourth-order valence-electron chi connectivity index (χ4n) is 2.74. The van der Waals surface area contributed by atoms with Crippen molar-refractivity contribution in [3.05, 3.63) is 47.2 Å². The molecule has 2 aromatic rings. The number of hydrogen-bond acceptors (Lipinski definition) is 4. The van der Waals surface area contributed by atoms with E-state index in [0.29, 0.717) is 6.54 Å². The highest BCUT2D eigenvalue weighted by atomic mass is 16.4. The highest BCUT2D eigenvalue weighted by Crippen LogP contribution is 2.33. The van der Waals surface area contributed by atoms with Crippen LogP contribution < -0.4 is 4.90 Å². The summed E-state index contributed by atoms with van der Waals surface area (Å²) in [5.74, 6) is 1.62. The van der Waals surface area contributed by atoms with Crippen molar-refractivity contribution in [2.75, 3.05) is 11.4 Å². The van der Waals surface area contributed by atoms with E-state index in [0.717, 1.165) is 48.0 Å². The van der Waals surface area contributed by atoms with E-state index >= 15 is 0 Å². The highest BCUT2D eigenvalue weighted by molar-refractivity contribution is 5.55. The van der Waals surface area contributed by atoms with Crippen molar-refractivity contribution in [2.24, 2.45) is 0 Å². The quantitative estimate of drug-likeness (QED) is 0.912. The lowest BCUT2D eigenvalue weighted by molar-refractivity contribution is 0.168. The van der Waals surface area contributed by atoms with E-state index in [9.17, 15) is 5.11 Å². The molecule has 0 aliphatic carbocycles. The molecule has 1 aromatic carbocycles. The maximum absolute atomic E-state index is 10.2. The lowest BCUT2D eigenvalue weighted by Gasteiger charge is -2.23. The van der Waals surface area contributed by atoms with E-state index in [1.54, 1.807) is 0 Å². The molecule has 2 heterocycles. The molecule has 1 aliphatic rings. The maximum Gasteiger partial charge on any atom is 0.214 e. The largest absolute Gasteiger partial charge is 0.444 e. The van der Waals surface area contributed by atoms with Crippen molar-refractivity contribution in [3.63, 3.8) is 0 Å². The summed E-state index contributed by atoms with van der Waals surface area (Å²) in [7, 11) is 0. The number of hydrogen-bond donors (Lipinski definition) is 1. The second-order valence-electron chi connectivity index (χ2n) is 5.39. The van der Waals surface area contributed by atoms with E-state index in [4.69, 9.17) is 4.42 Å². The van der Waals surface area contributed by atoms with Crippen LogP contribution >= 0.6 is 0 Å². The van der Waals surface area contributed by atoms with Crippen LogP contribution in [0.3, 0.4) is 0 Å². The Labute approximate surface area is 119 Å². The van der Waals surface area contributed by atoms with Crippen LogP contribution in [0.4, 0.5) is 5.69 Å². The number of nitrogens with zero attached hydrogens (tertiary/aromatic N) is 2. The third-order valence-electron chi connectivity index (χ3n) is 3.94. The van der Waals surface area contributed by atoms with Gasteiger partial charge in [-0.1, -0.05) is 18.2 Å². The van der Waals surface area contributed by atoms with Crippen LogP contribution in [0.2, 0.25) is 0 Å². The van der Waals surface area contributed by atoms with Crippen molar-refractivity contribution < 1.29 is 9.52 Å². The topological polar surface area (TPSA) is 49.5 Å². The Morgan fingerprint density at radius 1 is 1.35 bits per heavy atom. The molecule has 0 amide bonds. The molecular weight excluding hydrogens is 252 g/mol. The third-order valence-corrected chi connectivity index (χ3v) is 3.94. The lowest BCUT2D eigenvalue weighted by atomic mass is 10.0. The molecule has 1 atom stereocenters. The predicted octanol–water partition coefficient (Wildman–Crippen LogP) is 3.13. The summed E-state index contributed by atoms with van der Waals surface area (Å²) in [5.41, 5.74) is 3.04. The summed E-state index contributed by atoms with van der Waals surface area (Å²) in [6, 6.07) is 8.05. The number of benzene rings is 1. The Morgan fingerprint density at radius 2 is 2.15 bits per heavy atom. The molecule has 0 radical (unpaired) electrons. The van der Waals surface area contributed by atoms with Crippen LogP contribution in [0, 0.1) is 13.8 Å². The van der Waals surface area contributed by atoms with Crippen LogP contribution in [0.15, 0.2) is 28.7 Å². The molecular formula is C16H20N2O2. The molecule has 1 aromatic heterocycles.